The molecule has 0 saturated carbocycles. The van der Waals surface area contributed by atoms with Gasteiger partial charge in [0.25, 0.3) is 0 Å². The molecule has 4 heteroatoms. The van der Waals surface area contributed by atoms with E-state index in [1.54, 1.807) is 4.90 Å². The van der Waals surface area contributed by atoms with Gasteiger partial charge >= 0.3 is 5.97 Å². The number of amides is 1. The molecule has 2 aliphatic rings. The van der Waals surface area contributed by atoms with E-state index in [9.17, 15) is 14.7 Å². The molecule has 1 aliphatic carbocycles. The van der Waals surface area contributed by atoms with Crippen LogP contribution in [0.1, 0.15) is 30.4 Å². The first-order valence-corrected chi connectivity index (χ1v) is 7.27. The van der Waals surface area contributed by atoms with Crippen molar-refractivity contribution in [1.82, 2.24) is 4.90 Å². The molecule has 1 aromatic carbocycles. The molecule has 1 atom stereocenters. The van der Waals surface area contributed by atoms with Crippen molar-refractivity contribution in [3.8, 4) is 0 Å². The van der Waals surface area contributed by atoms with Crippen molar-refractivity contribution in [1.29, 1.82) is 0 Å². The molecular weight excluding hydrogens is 254 g/mol. The summed E-state index contributed by atoms with van der Waals surface area (Å²) >= 11 is 0. The van der Waals surface area contributed by atoms with E-state index in [-0.39, 0.29) is 11.8 Å². The molecule has 0 unspecified atom stereocenters. The second kappa shape index (κ2) is 5.27. The van der Waals surface area contributed by atoms with E-state index >= 15 is 0 Å². The topological polar surface area (TPSA) is 57.6 Å². The van der Waals surface area contributed by atoms with Crippen molar-refractivity contribution < 1.29 is 14.7 Å². The first kappa shape index (κ1) is 13.2. The Morgan fingerprint density at radius 2 is 1.75 bits per heavy atom. The summed E-state index contributed by atoms with van der Waals surface area (Å²) in [5, 5.41) is 9.28. The van der Waals surface area contributed by atoms with Crippen LogP contribution in [0.25, 0.3) is 0 Å². The highest BCUT2D eigenvalue weighted by molar-refractivity contribution is 5.86. The standard InChI is InChI=1S/C16H19NO3/c18-15(17-8-4-3-7-14(17)16(19)20)13-9-11-5-1-2-6-12(11)10-13/h1-2,5-6,13-14H,3-4,7-10H2,(H,19,20)/t14-/m1/s1. The van der Waals surface area contributed by atoms with Gasteiger partial charge in [-0.15, -0.1) is 0 Å². The van der Waals surface area contributed by atoms with Gasteiger partial charge in [-0.1, -0.05) is 24.3 Å². The maximum absolute atomic E-state index is 12.6. The predicted molar refractivity (Wildman–Crippen MR) is 74.3 cm³/mol. The van der Waals surface area contributed by atoms with Crippen molar-refractivity contribution in [2.45, 2.75) is 38.1 Å². The number of rotatable bonds is 2. The summed E-state index contributed by atoms with van der Waals surface area (Å²) in [5.41, 5.74) is 2.46. The Labute approximate surface area is 118 Å². The molecule has 0 bridgehead atoms. The maximum atomic E-state index is 12.6. The van der Waals surface area contributed by atoms with Crippen LogP contribution in [0.3, 0.4) is 0 Å². The number of benzene rings is 1. The number of nitrogens with zero attached hydrogens (tertiary/aromatic N) is 1. The number of likely N-dealkylation sites (tertiary alicyclic amines) is 1. The average Bonchev–Trinajstić information content (AvgIpc) is 2.90. The van der Waals surface area contributed by atoms with Gasteiger partial charge in [0, 0.05) is 12.5 Å². The third-order valence-corrected chi connectivity index (χ3v) is 4.47. The Balaban J connectivity index is 1.75. The Bertz CT molecular complexity index is 515. The maximum Gasteiger partial charge on any atom is 0.326 e. The zero-order chi connectivity index (χ0) is 14.1. The molecule has 1 fully saturated rings. The van der Waals surface area contributed by atoms with E-state index in [1.165, 1.54) is 11.1 Å². The van der Waals surface area contributed by atoms with Crippen LogP contribution >= 0.6 is 0 Å². The van der Waals surface area contributed by atoms with Gasteiger partial charge in [0.15, 0.2) is 0 Å². The van der Waals surface area contributed by atoms with Crippen LogP contribution < -0.4 is 0 Å². The Hall–Kier alpha value is -1.84. The third kappa shape index (κ3) is 2.30. The van der Waals surface area contributed by atoms with Gasteiger partial charge in [-0.3, -0.25) is 4.79 Å². The molecule has 1 aromatic rings. The van der Waals surface area contributed by atoms with Gasteiger partial charge in [-0.2, -0.15) is 0 Å². The van der Waals surface area contributed by atoms with E-state index in [2.05, 4.69) is 12.1 Å². The van der Waals surface area contributed by atoms with Crippen molar-refractivity contribution in [3.63, 3.8) is 0 Å². The van der Waals surface area contributed by atoms with E-state index in [4.69, 9.17) is 0 Å². The summed E-state index contributed by atoms with van der Waals surface area (Å²) in [7, 11) is 0. The molecule has 1 heterocycles. The average molecular weight is 273 g/mol. The van der Waals surface area contributed by atoms with Crippen LogP contribution in [0, 0.1) is 5.92 Å². The molecule has 1 saturated heterocycles. The quantitative estimate of drug-likeness (QED) is 0.895. The number of hydrogen-bond donors (Lipinski definition) is 1. The predicted octanol–water partition coefficient (Wildman–Crippen LogP) is 1.87. The summed E-state index contributed by atoms with van der Waals surface area (Å²) in [6.45, 7) is 0.586. The summed E-state index contributed by atoms with van der Waals surface area (Å²) in [6.07, 6.45) is 3.89. The van der Waals surface area contributed by atoms with Crippen LogP contribution in [0.5, 0.6) is 0 Å². The fraction of sp³-hybridized carbons (Fsp3) is 0.500. The molecule has 0 spiro atoms. The molecule has 4 nitrogen and oxygen atoms in total. The molecule has 1 N–H and O–H groups in total. The van der Waals surface area contributed by atoms with E-state index in [0.717, 1.165) is 25.7 Å². The third-order valence-electron chi connectivity index (χ3n) is 4.47. The molecule has 106 valence electrons. The normalized spacial score (nSPS) is 22.6. The van der Waals surface area contributed by atoms with E-state index in [0.29, 0.717) is 13.0 Å². The van der Waals surface area contributed by atoms with Crippen LogP contribution in [0.15, 0.2) is 24.3 Å². The number of aliphatic carboxylic acids is 1. The summed E-state index contributed by atoms with van der Waals surface area (Å²) in [4.78, 5) is 25.6. The Morgan fingerprint density at radius 3 is 2.35 bits per heavy atom. The van der Waals surface area contributed by atoms with Gasteiger partial charge in [-0.25, -0.2) is 4.79 Å². The number of carbonyl (C=O) groups is 2. The number of carboxylic acids is 1. The number of carboxylic acid groups (broad SMARTS) is 1. The lowest BCUT2D eigenvalue weighted by molar-refractivity contribution is -0.153. The molecule has 1 amide bonds. The lowest BCUT2D eigenvalue weighted by atomic mass is 9.97. The highest BCUT2D eigenvalue weighted by atomic mass is 16.4. The minimum Gasteiger partial charge on any atom is -0.480 e. The fourth-order valence-corrected chi connectivity index (χ4v) is 3.42. The fourth-order valence-electron chi connectivity index (χ4n) is 3.42. The van der Waals surface area contributed by atoms with Crippen LogP contribution in [0.4, 0.5) is 0 Å². The molecule has 0 aromatic heterocycles. The molecule has 0 radical (unpaired) electrons. The Kier molecular flexibility index (Phi) is 3.47. The molecule has 1 aliphatic heterocycles. The second-order valence-corrected chi connectivity index (χ2v) is 5.76. The van der Waals surface area contributed by atoms with Crippen LogP contribution in [0.2, 0.25) is 0 Å². The number of carbonyl (C=O) groups excluding carboxylic acids is 1. The molecule has 3 rings (SSSR count). The summed E-state index contributed by atoms with van der Waals surface area (Å²) in [6, 6.07) is 7.49. The molecular formula is C16H19NO3. The lowest BCUT2D eigenvalue weighted by Crippen LogP contribution is -2.50. The Morgan fingerprint density at radius 1 is 1.10 bits per heavy atom. The van der Waals surface area contributed by atoms with Gasteiger partial charge in [0.1, 0.15) is 6.04 Å². The highest BCUT2D eigenvalue weighted by Gasteiger charge is 2.37. The SMILES string of the molecule is O=C(O)[C@H]1CCCCN1C(=O)C1Cc2ccccc2C1. The van der Waals surface area contributed by atoms with Gasteiger partial charge in [-0.05, 0) is 43.2 Å². The zero-order valence-electron chi connectivity index (χ0n) is 11.4. The summed E-state index contributed by atoms with van der Waals surface area (Å²) < 4.78 is 0. The lowest BCUT2D eigenvalue weighted by Gasteiger charge is -2.34. The van der Waals surface area contributed by atoms with E-state index < -0.39 is 12.0 Å². The van der Waals surface area contributed by atoms with Gasteiger partial charge in [0.05, 0.1) is 0 Å². The zero-order valence-corrected chi connectivity index (χ0v) is 11.4. The van der Waals surface area contributed by atoms with E-state index in [1.807, 2.05) is 12.1 Å². The monoisotopic (exact) mass is 273 g/mol. The van der Waals surface area contributed by atoms with Crippen LogP contribution in [-0.2, 0) is 22.4 Å². The summed E-state index contributed by atoms with van der Waals surface area (Å²) in [5.74, 6) is -0.922. The van der Waals surface area contributed by atoms with Gasteiger partial charge < -0.3 is 10.0 Å². The number of hydrogen-bond acceptors (Lipinski definition) is 2. The van der Waals surface area contributed by atoms with Crippen molar-refractivity contribution in [2.24, 2.45) is 5.92 Å². The molecule has 20 heavy (non-hydrogen) atoms. The minimum absolute atomic E-state index is 0.0216. The minimum atomic E-state index is -0.867. The highest BCUT2D eigenvalue weighted by Crippen LogP contribution is 2.30. The number of piperidine rings is 1. The first-order valence-electron chi connectivity index (χ1n) is 7.27. The number of fused-ring (bicyclic) bond motifs is 1. The van der Waals surface area contributed by atoms with Gasteiger partial charge in [0.2, 0.25) is 5.91 Å². The van der Waals surface area contributed by atoms with Crippen molar-refractivity contribution >= 4 is 11.9 Å². The van der Waals surface area contributed by atoms with Crippen molar-refractivity contribution in [3.05, 3.63) is 35.4 Å². The van der Waals surface area contributed by atoms with Crippen LogP contribution in [-0.4, -0.2) is 34.5 Å². The second-order valence-electron chi connectivity index (χ2n) is 5.76. The largest absolute Gasteiger partial charge is 0.480 e. The van der Waals surface area contributed by atoms with Crippen molar-refractivity contribution in [2.75, 3.05) is 6.54 Å². The first-order chi connectivity index (χ1) is 9.66. The smallest absolute Gasteiger partial charge is 0.326 e.